The highest BCUT2D eigenvalue weighted by Crippen LogP contribution is 2.29. The van der Waals surface area contributed by atoms with E-state index < -0.39 is 0 Å². The summed E-state index contributed by atoms with van der Waals surface area (Å²) in [6.07, 6.45) is 3.40. The Morgan fingerprint density at radius 3 is 2.94 bits per heavy atom. The van der Waals surface area contributed by atoms with E-state index in [2.05, 4.69) is 16.9 Å². The quantitative estimate of drug-likeness (QED) is 0.651. The molecule has 1 fully saturated rings. The number of hydrogen-bond acceptors (Lipinski definition) is 5. The number of rotatable bonds is 3. The molecule has 0 amide bonds. The monoisotopic (exact) mass is 223 g/mol. The molecule has 1 aliphatic rings. The van der Waals surface area contributed by atoms with Gasteiger partial charge in [-0.3, -0.25) is 4.79 Å². The molecule has 5 N–H and O–H groups in total. The molecule has 2 heterocycles. The third kappa shape index (κ3) is 1.76. The lowest BCUT2D eigenvalue weighted by Gasteiger charge is -2.48. The van der Waals surface area contributed by atoms with Gasteiger partial charge in [0.05, 0.1) is 11.9 Å². The molecule has 0 unspecified atom stereocenters. The molecule has 0 spiro atoms. The van der Waals surface area contributed by atoms with Crippen LogP contribution in [0, 0.1) is 0 Å². The first-order valence-corrected chi connectivity index (χ1v) is 5.43. The number of H-pyrrole nitrogens is 1. The van der Waals surface area contributed by atoms with Crippen LogP contribution in [0.3, 0.4) is 0 Å². The fourth-order valence-electron chi connectivity index (χ4n) is 2.17. The van der Waals surface area contributed by atoms with Gasteiger partial charge in [0.15, 0.2) is 5.82 Å². The molecule has 1 aromatic rings. The van der Waals surface area contributed by atoms with Crippen LogP contribution in [0.15, 0.2) is 11.1 Å². The number of nitrogens with zero attached hydrogens (tertiary/aromatic N) is 2. The van der Waals surface area contributed by atoms with Crippen molar-refractivity contribution in [2.75, 3.05) is 23.7 Å². The van der Waals surface area contributed by atoms with Crippen molar-refractivity contribution in [2.45, 2.75) is 25.3 Å². The molecule has 0 aromatic carbocycles. The van der Waals surface area contributed by atoms with E-state index in [1.165, 1.54) is 6.33 Å². The minimum Gasteiger partial charge on any atom is -0.391 e. The van der Waals surface area contributed by atoms with Crippen LogP contribution in [0.5, 0.6) is 0 Å². The maximum absolute atomic E-state index is 11.3. The molecule has 0 radical (unpaired) electrons. The second kappa shape index (κ2) is 3.79. The van der Waals surface area contributed by atoms with Gasteiger partial charge in [-0.25, -0.2) is 4.98 Å². The van der Waals surface area contributed by atoms with Gasteiger partial charge in [0.25, 0.3) is 5.56 Å². The first kappa shape index (κ1) is 10.9. The maximum Gasteiger partial charge on any atom is 0.276 e. The molecule has 0 aliphatic carbocycles. The molecule has 88 valence electrons. The number of hydrogen-bond donors (Lipinski definition) is 3. The Labute approximate surface area is 93.7 Å². The van der Waals surface area contributed by atoms with Gasteiger partial charge in [-0.15, -0.1) is 0 Å². The Morgan fingerprint density at radius 2 is 2.31 bits per heavy atom. The molecule has 1 saturated heterocycles. The lowest BCUT2D eigenvalue weighted by molar-refractivity contribution is 0.306. The van der Waals surface area contributed by atoms with Crippen molar-refractivity contribution in [2.24, 2.45) is 5.73 Å². The second-order valence-corrected chi connectivity index (χ2v) is 4.44. The predicted molar refractivity (Wildman–Crippen MR) is 63.3 cm³/mol. The van der Waals surface area contributed by atoms with Crippen LogP contribution in [0.25, 0.3) is 0 Å². The zero-order valence-electron chi connectivity index (χ0n) is 9.36. The summed E-state index contributed by atoms with van der Waals surface area (Å²) in [6.45, 7) is 3.53. The Balaban J connectivity index is 2.12. The van der Waals surface area contributed by atoms with E-state index in [9.17, 15) is 4.79 Å². The number of nitrogens with two attached hydrogens (primary N) is 2. The minimum atomic E-state index is -0.296. The van der Waals surface area contributed by atoms with Crippen LogP contribution in [-0.2, 0) is 0 Å². The number of anilines is 2. The van der Waals surface area contributed by atoms with Crippen molar-refractivity contribution in [3.05, 3.63) is 16.7 Å². The normalized spacial score (nSPS) is 18.2. The van der Waals surface area contributed by atoms with Crippen LogP contribution in [0.1, 0.15) is 19.8 Å². The topological polar surface area (TPSA) is 101 Å². The van der Waals surface area contributed by atoms with Gasteiger partial charge >= 0.3 is 0 Å². The molecule has 6 heteroatoms. The zero-order chi connectivity index (χ0) is 11.8. The summed E-state index contributed by atoms with van der Waals surface area (Å²) in [5.41, 5.74) is 11.5. The Hall–Kier alpha value is -1.56. The summed E-state index contributed by atoms with van der Waals surface area (Å²) in [7, 11) is 0. The van der Waals surface area contributed by atoms with Crippen molar-refractivity contribution >= 4 is 11.5 Å². The highest BCUT2D eigenvalue weighted by molar-refractivity contribution is 5.63. The lowest BCUT2D eigenvalue weighted by Crippen LogP contribution is -2.67. The summed E-state index contributed by atoms with van der Waals surface area (Å²) < 4.78 is 0. The van der Waals surface area contributed by atoms with E-state index >= 15 is 0 Å². The lowest BCUT2D eigenvalue weighted by atomic mass is 9.86. The van der Waals surface area contributed by atoms with Crippen molar-refractivity contribution in [1.82, 2.24) is 9.97 Å². The van der Waals surface area contributed by atoms with E-state index in [0.717, 1.165) is 12.8 Å². The molecule has 2 rings (SSSR count). The first-order valence-electron chi connectivity index (χ1n) is 5.43. The number of aromatic amines is 1. The average Bonchev–Trinajstić information content (AvgIpc) is 2.19. The van der Waals surface area contributed by atoms with Crippen LogP contribution in [0.4, 0.5) is 11.5 Å². The Morgan fingerprint density at radius 1 is 1.62 bits per heavy atom. The molecule has 1 aromatic heterocycles. The Kier molecular flexibility index (Phi) is 2.59. The molecule has 0 saturated carbocycles. The van der Waals surface area contributed by atoms with Gasteiger partial charge in [-0.1, -0.05) is 13.3 Å². The van der Waals surface area contributed by atoms with Gasteiger partial charge in [-0.05, 0) is 6.42 Å². The van der Waals surface area contributed by atoms with Crippen molar-refractivity contribution in [1.29, 1.82) is 0 Å². The zero-order valence-corrected chi connectivity index (χ0v) is 9.36. The first-order chi connectivity index (χ1) is 7.56. The standard InChI is InChI=1S/C10H17N5O/c1-2-3-10(12)4-15(5-10)8-7(11)9(16)14-6-13-8/h6H,2-5,11-12H2,1H3,(H,13,14,16). The smallest absolute Gasteiger partial charge is 0.276 e. The van der Waals surface area contributed by atoms with Gasteiger partial charge in [-0.2, -0.15) is 0 Å². The average molecular weight is 223 g/mol. The summed E-state index contributed by atoms with van der Waals surface area (Å²) in [4.78, 5) is 19.8. The molecule has 0 bridgehead atoms. The molecule has 6 nitrogen and oxygen atoms in total. The predicted octanol–water partition coefficient (Wildman–Crippen LogP) is -0.330. The molecule has 0 atom stereocenters. The van der Waals surface area contributed by atoms with Crippen LogP contribution in [-0.4, -0.2) is 28.6 Å². The van der Waals surface area contributed by atoms with E-state index in [1.807, 2.05) is 4.90 Å². The number of nitrogens with one attached hydrogen (secondary N) is 1. The molecule has 16 heavy (non-hydrogen) atoms. The highest BCUT2D eigenvalue weighted by Gasteiger charge is 2.40. The maximum atomic E-state index is 11.3. The Bertz CT molecular complexity index is 435. The fourth-order valence-corrected chi connectivity index (χ4v) is 2.17. The minimum absolute atomic E-state index is 0.147. The SMILES string of the molecule is CCCC1(N)CN(c2nc[nH]c(=O)c2N)C1. The van der Waals surface area contributed by atoms with Gasteiger partial charge < -0.3 is 21.4 Å². The summed E-state index contributed by atoms with van der Waals surface area (Å²) in [5.74, 6) is 0.543. The van der Waals surface area contributed by atoms with E-state index in [4.69, 9.17) is 11.5 Å². The van der Waals surface area contributed by atoms with Gasteiger partial charge in [0.2, 0.25) is 0 Å². The molecule has 1 aliphatic heterocycles. The summed E-state index contributed by atoms with van der Waals surface area (Å²) >= 11 is 0. The van der Waals surface area contributed by atoms with Gasteiger partial charge in [0, 0.05) is 13.1 Å². The van der Waals surface area contributed by atoms with E-state index in [0.29, 0.717) is 18.9 Å². The van der Waals surface area contributed by atoms with Gasteiger partial charge in [0.1, 0.15) is 5.69 Å². The van der Waals surface area contributed by atoms with Crippen molar-refractivity contribution < 1.29 is 0 Å². The third-order valence-corrected chi connectivity index (χ3v) is 2.93. The second-order valence-electron chi connectivity index (χ2n) is 4.44. The van der Waals surface area contributed by atoms with E-state index in [-0.39, 0.29) is 16.8 Å². The third-order valence-electron chi connectivity index (χ3n) is 2.93. The van der Waals surface area contributed by atoms with Crippen LogP contribution in [0.2, 0.25) is 0 Å². The number of nitrogen functional groups attached to an aromatic ring is 1. The van der Waals surface area contributed by atoms with Crippen LogP contribution < -0.4 is 21.9 Å². The van der Waals surface area contributed by atoms with Crippen molar-refractivity contribution in [3.8, 4) is 0 Å². The van der Waals surface area contributed by atoms with Crippen molar-refractivity contribution in [3.63, 3.8) is 0 Å². The fraction of sp³-hybridized carbons (Fsp3) is 0.600. The number of aromatic nitrogens is 2. The summed E-state index contributed by atoms with van der Waals surface area (Å²) in [5, 5.41) is 0. The molecular formula is C10H17N5O. The molecular weight excluding hydrogens is 206 g/mol. The van der Waals surface area contributed by atoms with E-state index in [1.54, 1.807) is 0 Å². The summed E-state index contributed by atoms with van der Waals surface area (Å²) in [6, 6.07) is 0. The van der Waals surface area contributed by atoms with Crippen LogP contribution >= 0.6 is 0 Å². The largest absolute Gasteiger partial charge is 0.391 e. The highest BCUT2D eigenvalue weighted by atomic mass is 16.1.